The molecule has 1 aliphatic heterocycles. The highest BCUT2D eigenvalue weighted by Gasteiger charge is 2.30. The molecule has 5 nitrogen and oxygen atoms in total. The predicted octanol–water partition coefficient (Wildman–Crippen LogP) is 1.26. The fraction of sp³-hybridized carbons (Fsp3) is 0.625. The van der Waals surface area contributed by atoms with Crippen LogP contribution in [0.5, 0.6) is 0 Å². The van der Waals surface area contributed by atoms with Crippen molar-refractivity contribution in [2.24, 2.45) is 0 Å². The maximum Gasteiger partial charge on any atom is 0.332 e. The zero-order valence-electron chi connectivity index (χ0n) is 7.83. The molecule has 0 saturated carbocycles. The Morgan fingerprint density at radius 3 is 3.20 bits per heavy atom. The van der Waals surface area contributed by atoms with E-state index in [0.29, 0.717) is 6.42 Å². The molecule has 0 spiro atoms. The normalized spacial score (nSPS) is 25.6. The van der Waals surface area contributed by atoms with Gasteiger partial charge in [-0.3, -0.25) is 0 Å². The number of rotatable bonds is 4. The number of ether oxygens (including phenoxy) is 1. The average molecular weight is 246 g/mol. The van der Waals surface area contributed by atoms with Crippen molar-refractivity contribution in [3.63, 3.8) is 0 Å². The van der Waals surface area contributed by atoms with E-state index in [1.165, 1.54) is 17.9 Å². The van der Waals surface area contributed by atoms with Gasteiger partial charge in [0.1, 0.15) is 6.33 Å². The molecule has 1 aromatic heterocycles. The molecular formula is C8H10N2O3S2. The molecule has 82 valence electrons. The van der Waals surface area contributed by atoms with E-state index in [1.807, 2.05) is 0 Å². The fourth-order valence-corrected chi connectivity index (χ4v) is 2.92. The van der Waals surface area contributed by atoms with Crippen LogP contribution in [0.3, 0.4) is 0 Å². The first-order valence-electron chi connectivity index (χ1n) is 4.53. The Hall–Kier alpha value is -0.660. The number of hydrogen-bond donors (Lipinski definition) is 1. The molecule has 0 radical (unpaired) electrons. The van der Waals surface area contributed by atoms with Crippen LogP contribution in [0.15, 0.2) is 10.7 Å². The summed E-state index contributed by atoms with van der Waals surface area (Å²) < 4.78 is 10.1. The molecule has 0 aromatic carbocycles. The predicted molar refractivity (Wildman–Crippen MR) is 56.2 cm³/mol. The van der Waals surface area contributed by atoms with Gasteiger partial charge < -0.3 is 9.84 Å². The monoisotopic (exact) mass is 246 g/mol. The summed E-state index contributed by atoms with van der Waals surface area (Å²) >= 11 is 2.91. The van der Waals surface area contributed by atoms with E-state index >= 15 is 0 Å². The maximum atomic E-state index is 10.6. The van der Waals surface area contributed by atoms with Gasteiger partial charge in [0.25, 0.3) is 0 Å². The van der Waals surface area contributed by atoms with Crippen LogP contribution in [0.4, 0.5) is 0 Å². The third-order valence-corrected chi connectivity index (χ3v) is 4.05. The minimum atomic E-state index is -0.863. The molecule has 0 bridgehead atoms. The molecule has 7 heteroatoms. The second-order valence-electron chi connectivity index (χ2n) is 3.18. The first kappa shape index (κ1) is 10.8. The lowest BCUT2D eigenvalue weighted by Crippen LogP contribution is -2.21. The second kappa shape index (κ2) is 4.91. The maximum absolute atomic E-state index is 10.6. The lowest BCUT2D eigenvalue weighted by Gasteiger charge is -2.08. The molecule has 1 fully saturated rings. The van der Waals surface area contributed by atoms with Gasteiger partial charge in [0.15, 0.2) is 10.4 Å². The molecule has 2 rings (SSSR count). The number of aromatic nitrogens is 2. The molecule has 1 aromatic rings. The van der Waals surface area contributed by atoms with Gasteiger partial charge in [-0.15, -0.1) is 0 Å². The van der Waals surface area contributed by atoms with Crippen LogP contribution >= 0.6 is 23.3 Å². The van der Waals surface area contributed by atoms with E-state index in [1.54, 1.807) is 11.8 Å². The summed E-state index contributed by atoms with van der Waals surface area (Å²) in [5.41, 5.74) is 0. The summed E-state index contributed by atoms with van der Waals surface area (Å²) in [7, 11) is 0. The third kappa shape index (κ3) is 2.90. The third-order valence-electron chi connectivity index (χ3n) is 2.12. The van der Waals surface area contributed by atoms with Crippen LogP contribution in [0.1, 0.15) is 12.8 Å². The summed E-state index contributed by atoms with van der Waals surface area (Å²) in [6.07, 6.45) is 2.34. The number of carbonyl (C=O) groups is 1. The molecule has 1 N–H and O–H groups in total. The smallest absolute Gasteiger partial charge is 0.332 e. The lowest BCUT2D eigenvalue weighted by atomic mass is 10.2. The Bertz CT molecular complexity index is 331. The number of thioether (sulfide) groups is 1. The van der Waals surface area contributed by atoms with Gasteiger partial charge in [-0.2, -0.15) is 4.37 Å². The van der Waals surface area contributed by atoms with E-state index < -0.39 is 12.1 Å². The van der Waals surface area contributed by atoms with Crippen molar-refractivity contribution < 1.29 is 14.6 Å². The highest BCUT2D eigenvalue weighted by molar-refractivity contribution is 8.00. The summed E-state index contributed by atoms with van der Waals surface area (Å²) in [6.45, 7) is 0. The summed E-state index contributed by atoms with van der Waals surface area (Å²) in [5, 5.41) is 8.73. The van der Waals surface area contributed by atoms with Crippen LogP contribution < -0.4 is 0 Å². The van der Waals surface area contributed by atoms with E-state index in [9.17, 15) is 4.79 Å². The van der Waals surface area contributed by atoms with Crippen LogP contribution in [0, 0.1) is 0 Å². The summed E-state index contributed by atoms with van der Waals surface area (Å²) in [5.74, 6) is -0.114. The Balaban J connectivity index is 1.75. The van der Waals surface area contributed by atoms with Gasteiger partial charge in [-0.05, 0) is 24.4 Å². The van der Waals surface area contributed by atoms with Gasteiger partial charge in [0, 0.05) is 5.75 Å². The van der Waals surface area contributed by atoms with E-state index in [2.05, 4.69) is 9.36 Å². The zero-order valence-corrected chi connectivity index (χ0v) is 9.46. The molecule has 15 heavy (non-hydrogen) atoms. The molecule has 2 heterocycles. The van der Waals surface area contributed by atoms with Crippen molar-refractivity contribution in [2.75, 3.05) is 5.75 Å². The molecule has 0 aliphatic carbocycles. The number of nitrogens with zero attached hydrogens (tertiary/aromatic N) is 2. The lowest BCUT2D eigenvalue weighted by molar-refractivity contribution is -0.148. The molecule has 1 saturated heterocycles. The molecule has 0 amide bonds. The Morgan fingerprint density at radius 2 is 2.60 bits per heavy atom. The first-order chi connectivity index (χ1) is 7.25. The van der Waals surface area contributed by atoms with Gasteiger partial charge in [-0.1, -0.05) is 11.8 Å². The van der Waals surface area contributed by atoms with Crippen LogP contribution in [-0.4, -0.2) is 38.4 Å². The fourth-order valence-electron chi connectivity index (χ4n) is 1.40. The largest absolute Gasteiger partial charge is 0.479 e. The number of hydrogen-bond acceptors (Lipinski definition) is 6. The van der Waals surface area contributed by atoms with Crippen molar-refractivity contribution in [1.29, 1.82) is 0 Å². The minimum absolute atomic E-state index is 0.0278. The van der Waals surface area contributed by atoms with Gasteiger partial charge in [-0.25, -0.2) is 9.78 Å². The quantitative estimate of drug-likeness (QED) is 0.806. The Kier molecular flexibility index (Phi) is 3.55. The highest BCUT2D eigenvalue weighted by atomic mass is 32.2. The van der Waals surface area contributed by atoms with E-state index in [0.717, 1.165) is 16.5 Å². The molecule has 2 atom stereocenters. The second-order valence-corrected chi connectivity index (χ2v) is 5.23. The Morgan fingerprint density at radius 1 is 1.73 bits per heavy atom. The molecule has 1 aliphatic rings. The molecular weight excluding hydrogens is 236 g/mol. The van der Waals surface area contributed by atoms with Crippen molar-refractivity contribution >= 4 is 29.3 Å². The number of carboxylic acid groups (broad SMARTS) is 1. The number of aliphatic carboxylic acids is 1. The highest BCUT2D eigenvalue weighted by Crippen LogP contribution is 2.26. The topological polar surface area (TPSA) is 72.3 Å². The molecule has 2 unspecified atom stereocenters. The number of carboxylic acids is 1. The van der Waals surface area contributed by atoms with E-state index in [-0.39, 0.29) is 6.10 Å². The van der Waals surface area contributed by atoms with Gasteiger partial charge >= 0.3 is 5.97 Å². The first-order valence-corrected chi connectivity index (χ1v) is 6.29. The minimum Gasteiger partial charge on any atom is -0.479 e. The Labute approximate surface area is 95.0 Å². The van der Waals surface area contributed by atoms with Gasteiger partial charge in [0.2, 0.25) is 0 Å². The average Bonchev–Trinajstić information content (AvgIpc) is 2.86. The van der Waals surface area contributed by atoms with E-state index in [4.69, 9.17) is 9.84 Å². The zero-order chi connectivity index (χ0) is 10.7. The van der Waals surface area contributed by atoms with Crippen molar-refractivity contribution in [3.05, 3.63) is 6.33 Å². The summed E-state index contributed by atoms with van der Waals surface area (Å²) in [4.78, 5) is 14.7. The van der Waals surface area contributed by atoms with Crippen molar-refractivity contribution in [1.82, 2.24) is 9.36 Å². The standard InChI is InChI=1S/C8H10N2O3S2/c11-7(12)6-2-1-5(13-6)3-14-8-9-4-10-15-8/h4-6H,1-3H2,(H,11,12). The van der Waals surface area contributed by atoms with Crippen LogP contribution in [-0.2, 0) is 9.53 Å². The van der Waals surface area contributed by atoms with Gasteiger partial charge in [0.05, 0.1) is 6.10 Å². The summed E-state index contributed by atoms with van der Waals surface area (Å²) in [6, 6.07) is 0. The van der Waals surface area contributed by atoms with Crippen molar-refractivity contribution in [3.8, 4) is 0 Å². The van der Waals surface area contributed by atoms with Crippen LogP contribution in [0.2, 0.25) is 0 Å². The van der Waals surface area contributed by atoms with Crippen molar-refractivity contribution in [2.45, 2.75) is 29.4 Å². The SMILES string of the molecule is O=C(O)C1CCC(CSc2ncns2)O1. The van der Waals surface area contributed by atoms with Crippen LogP contribution in [0.25, 0.3) is 0 Å².